The van der Waals surface area contributed by atoms with Gasteiger partial charge in [0.1, 0.15) is 0 Å². The van der Waals surface area contributed by atoms with E-state index in [4.69, 9.17) is 15.0 Å². The first kappa shape index (κ1) is 20.2. The minimum Gasteiger partial charge on any atom is -0.383 e. The molecule has 4 aromatic rings. The summed E-state index contributed by atoms with van der Waals surface area (Å²) in [5.41, 5.74) is 3.62. The van der Waals surface area contributed by atoms with Gasteiger partial charge in [-0.05, 0) is 18.2 Å². The molecule has 152 valence electrons. The molecule has 0 aliphatic heterocycles. The molecule has 0 aliphatic rings. The number of para-hydroxylation sites is 3. The minimum atomic E-state index is 0.0530. The average molecular weight is 419 g/mol. The van der Waals surface area contributed by atoms with E-state index in [-0.39, 0.29) is 5.78 Å². The molecular formula is C23H22N4O2S. The Morgan fingerprint density at radius 1 is 1.13 bits per heavy atom. The molecule has 2 aromatic heterocycles. The van der Waals surface area contributed by atoms with Crippen molar-refractivity contribution in [3.05, 3.63) is 60.3 Å². The van der Waals surface area contributed by atoms with Crippen LogP contribution in [-0.2, 0) is 17.8 Å². The Morgan fingerprint density at radius 3 is 2.70 bits per heavy atom. The van der Waals surface area contributed by atoms with E-state index in [1.54, 1.807) is 7.11 Å². The van der Waals surface area contributed by atoms with Crippen LogP contribution < -0.4 is 0 Å². The number of nitriles is 1. The number of imidazole rings is 1. The molecule has 7 heteroatoms. The van der Waals surface area contributed by atoms with Crippen molar-refractivity contribution in [1.29, 1.82) is 5.26 Å². The van der Waals surface area contributed by atoms with Crippen LogP contribution in [0.4, 0.5) is 0 Å². The van der Waals surface area contributed by atoms with Gasteiger partial charge in [0.15, 0.2) is 10.9 Å². The van der Waals surface area contributed by atoms with Crippen LogP contribution in [0.2, 0.25) is 0 Å². The van der Waals surface area contributed by atoms with Gasteiger partial charge in [-0.1, -0.05) is 42.1 Å². The lowest BCUT2D eigenvalue weighted by Crippen LogP contribution is -2.07. The number of benzene rings is 2. The van der Waals surface area contributed by atoms with Crippen molar-refractivity contribution in [2.45, 2.75) is 24.7 Å². The van der Waals surface area contributed by atoms with Crippen LogP contribution in [-0.4, -0.2) is 39.4 Å². The maximum atomic E-state index is 13.1. The molecule has 0 N–H and O–H groups in total. The molecule has 4 rings (SSSR count). The summed E-state index contributed by atoms with van der Waals surface area (Å²) in [4.78, 5) is 17.8. The Bertz CT molecular complexity index is 1240. The van der Waals surface area contributed by atoms with Crippen LogP contribution in [0.15, 0.2) is 59.9 Å². The number of ether oxygens (including phenoxy) is 1. The molecule has 0 fully saturated rings. The van der Waals surface area contributed by atoms with Crippen LogP contribution in [0.3, 0.4) is 0 Å². The zero-order chi connectivity index (χ0) is 20.9. The van der Waals surface area contributed by atoms with Crippen LogP contribution >= 0.6 is 11.8 Å². The van der Waals surface area contributed by atoms with Gasteiger partial charge in [-0.2, -0.15) is 5.26 Å². The number of Topliss-reactive ketones (excluding diaryl/α,β-unsaturated/α-hetero) is 1. The van der Waals surface area contributed by atoms with Crippen molar-refractivity contribution in [3.63, 3.8) is 0 Å². The molecular weight excluding hydrogens is 396 g/mol. The van der Waals surface area contributed by atoms with Gasteiger partial charge in [-0.3, -0.25) is 4.79 Å². The van der Waals surface area contributed by atoms with E-state index in [0.29, 0.717) is 37.4 Å². The number of aromatic nitrogens is 3. The van der Waals surface area contributed by atoms with Gasteiger partial charge in [0.25, 0.3) is 0 Å². The first-order valence-corrected chi connectivity index (χ1v) is 10.8. The first-order chi connectivity index (χ1) is 14.7. The number of nitrogens with zero attached hydrogens (tertiary/aromatic N) is 4. The summed E-state index contributed by atoms with van der Waals surface area (Å²) in [7, 11) is 1.68. The molecule has 0 amide bonds. The van der Waals surface area contributed by atoms with Gasteiger partial charge >= 0.3 is 0 Å². The van der Waals surface area contributed by atoms with E-state index in [2.05, 4.69) is 10.6 Å². The van der Waals surface area contributed by atoms with Crippen molar-refractivity contribution in [2.24, 2.45) is 0 Å². The number of aryl methyl sites for hydroxylation is 1. The second-order valence-corrected chi connectivity index (χ2v) is 7.84. The fourth-order valence-electron chi connectivity index (χ4n) is 3.59. The Labute approximate surface area is 179 Å². The number of hydrogen-bond donors (Lipinski definition) is 0. The van der Waals surface area contributed by atoms with E-state index >= 15 is 0 Å². The number of hydrogen-bond acceptors (Lipinski definition) is 5. The molecule has 0 spiro atoms. The third kappa shape index (κ3) is 3.97. The van der Waals surface area contributed by atoms with Crippen molar-refractivity contribution in [3.8, 4) is 6.07 Å². The predicted octanol–water partition coefficient (Wildman–Crippen LogP) is 4.53. The van der Waals surface area contributed by atoms with E-state index in [1.807, 2.05) is 59.3 Å². The summed E-state index contributed by atoms with van der Waals surface area (Å²) in [6, 6.07) is 18.0. The van der Waals surface area contributed by atoms with E-state index in [9.17, 15) is 4.79 Å². The fourth-order valence-corrected chi connectivity index (χ4v) is 4.52. The second-order valence-electron chi connectivity index (χ2n) is 6.90. The highest BCUT2D eigenvalue weighted by Crippen LogP contribution is 2.27. The van der Waals surface area contributed by atoms with E-state index < -0.39 is 0 Å². The summed E-state index contributed by atoms with van der Waals surface area (Å²) in [6.45, 7) is 1.83. The highest BCUT2D eigenvalue weighted by molar-refractivity contribution is 7.99. The number of carbonyl (C=O) groups excluding carboxylic acids is 1. The molecule has 30 heavy (non-hydrogen) atoms. The summed E-state index contributed by atoms with van der Waals surface area (Å²) >= 11 is 1.45. The maximum absolute atomic E-state index is 13.1. The summed E-state index contributed by atoms with van der Waals surface area (Å²) in [5, 5.41) is 10.7. The number of fused-ring (bicyclic) bond motifs is 2. The van der Waals surface area contributed by atoms with E-state index in [1.165, 1.54) is 11.8 Å². The molecule has 0 unspecified atom stereocenters. The molecule has 0 saturated heterocycles. The van der Waals surface area contributed by atoms with E-state index in [0.717, 1.165) is 27.1 Å². The smallest absolute Gasteiger partial charge is 0.175 e. The van der Waals surface area contributed by atoms with Gasteiger partial charge in [0.05, 0.1) is 35.9 Å². The van der Waals surface area contributed by atoms with Gasteiger partial charge < -0.3 is 13.9 Å². The lowest BCUT2D eigenvalue weighted by molar-refractivity contribution is 0.102. The Balaban J connectivity index is 1.59. The van der Waals surface area contributed by atoms with Gasteiger partial charge in [-0.15, -0.1) is 0 Å². The molecule has 2 aromatic carbocycles. The SMILES string of the molecule is COCCn1c(SCC(=O)c2cn(CCC#N)c3ccccc23)nc2ccccc21. The Kier molecular flexibility index (Phi) is 6.17. The van der Waals surface area contributed by atoms with Crippen molar-refractivity contribution in [1.82, 2.24) is 14.1 Å². The maximum Gasteiger partial charge on any atom is 0.175 e. The highest BCUT2D eigenvalue weighted by Gasteiger charge is 2.17. The molecule has 0 saturated carbocycles. The minimum absolute atomic E-state index is 0.0530. The van der Waals surface area contributed by atoms with Crippen molar-refractivity contribution >= 4 is 39.5 Å². The van der Waals surface area contributed by atoms with Gasteiger partial charge in [-0.25, -0.2) is 4.98 Å². The second kappa shape index (κ2) is 9.16. The highest BCUT2D eigenvalue weighted by atomic mass is 32.2. The number of carbonyl (C=O) groups is 1. The molecule has 0 bridgehead atoms. The zero-order valence-corrected chi connectivity index (χ0v) is 17.6. The van der Waals surface area contributed by atoms with Gasteiger partial charge in [0.2, 0.25) is 0 Å². The molecule has 2 heterocycles. The van der Waals surface area contributed by atoms with Crippen LogP contribution in [0.5, 0.6) is 0 Å². The fraction of sp³-hybridized carbons (Fsp3) is 0.261. The predicted molar refractivity (Wildman–Crippen MR) is 119 cm³/mol. The molecule has 0 radical (unpaired) electrons. The quantitative estimate of drug-likeness (QED) is 0.295. The number of rotatable bonds is 9. The number of ketones is 1. The average Bonchev–Trinajstić information content (AvgIpc) is 3.33. The number of methoxy groups -OCH3 is 1. The third-order valence-electron chi connectivity index (χ3n) is 5.02. The summed E-state index contributed by atoms with van der Waals surface area (Å²) < 4.78 is 9.34. The zero-order valence-electron chi connectivity index (χ0n) is 16.7. The van der Waals surface area contributed by atoms with Crippen molar-refractivity contribution < 1.29 is 9.53 Å². The summed E-state index contributed by atoms with van der Waals surface area (Å²) in [5.74, 6) is 0.347. The standard InChI is InChI=1S/C23H22N4O2S/c1-29-14-13-27-21-10-5-3-8-19(21)25-23(27)30-16-22(28)18-15-26(12-6-11-24)20-9-4-2-7-17(18)20/h2-5,7-10,15H,6,12-14,16H2,1H3. The monoisotopic (exact) mass is 418 g/mol. The van der Waals surface area contributed by atoms with Crippen LogP contribution in [0.1, 0.15) is 16.8 Å². The topological polar surface area (TPSA) is 72.8 Å². The normalized spacial score (nSPS) is 11.2. The Morgan fingerprint density at radius 2 is 1.90 bits per heavy atom. The lowest BCUT2D eigenvalue weighted by Gasteiger charge is -2.07. The van der Waals surface area contributed by atoms with Crippen LogP contribution in [0.25, 0.3) is 21.9 Å². The number of thioether (sulfide) groups is 1. The van der Waals surface area contributed by atoms with Gasteiger partial charge in [0, 0.05) is 42.9 Å². The first-order valence-electron chi connectivity index (χ1n) is 9.78. The van der Waals surface area contributed by atoms with Crippen LogP contribution in [0, 0.1) is 11.3 Å². The largest absolute Gasteiger partial charge is 0.383 e. The Hall–Kier alpha value is -3.08. The van der Waals surface area contributed by atoms with Crippen molar-refractivity contribution in [2.75, 3.05) is 19.5 Å². The molecule has 6 nitrogen and oxygen atoms in total. The molecule has 0 aliphatic carbocycles. The lowest BCUT2D eigenvalue weighted by atomic mass is 10.1. The summed E-state index contributed by atoms with van der Waals surface area (Å²) in [6.07, 6.45) is 2.28. The molecule has 0 atom stereocenters. The third-order valence-corrected chi connectivity index (χ3v) is 6.00.